The number of primary amides is 1. The van der Waals surface area contributed by atoms with Crippen molar-refractivity contribution < 1.29 is 4.79 Å². The molecular formula is C12H17N3O. The third-order valence-corrected chi connectivity index (χ3v) is 3.05. The minimum Gasteiger partial charge on any atom is -0.368 e. The SMILES string of the molecule is Cc1cc(CC2CNC(C(N)=O)C2)ccn1. The molecule has 3 N–H and O–H groups in total. The standard InChI is InChI=1S/C12H17N3O/c1-8-4-9(2-3-14-8)5-10-6-11(12(13)16)15-7-10/h2-4,10-11,15H,5-7H2,1H3,(H2,13,16). The topological polar surface area (TPSA) is 68.0 Å². The van der Waals surface area contributed by atoms with Crippen LogP contribution in [0, 0.1) is 12.8 Å². The molecule has 16 heavy (non-hydrogen) atoms. The molecule has 0 spiro atoms. The number of pyridine rings is 1. The molecule has 0 radical (unpaired) electrons. The summed E-state index contributed by atoms with van der Waals surface area (Å²) >= 11 is 0. The summed E-state index contributed by atoms with van der Waals surface area (Å²) < 4.78 is 0. The van der Waals surface area contributed by atoms with Gasteiger partial charge in [0.15, 0.2) is 0 Å². The summed E-state index contributed by atoms with van der Waals surface area (Å²) in [6.45, 7) is 2.86. The van der Waals surface area contributed by atoms with Crippen LogP contribution < -0.4 is 11.1 Å². The molecule has 1 aromatic rings. The van der Waals surface area contributed by atoms with Crippen molar-refractivity contribution in [3.05, 3.63) is 29.6 Å². The number of carbonyl (C=O) groups is 1. The Balaban J connectivity index is 1.94. The number of aromatic nitrogens is 1. The fourth-order valence-electron chi connectivity index (χ4n) is 2.25. The van der Waals surface area contributed by atoms with E-state index in [1.165, 1.54) is 5.56 Å². The zero-order valence-electron chi connectivity index (χ0n) is 9.44. The average molecular weight is 219 g/mol. The van der Waals surface area contributed by atoms with Crippen molar-refractivity contribution in [2.24, 2.45) is 11.7 Å². The van der Waals surface area contributed by atoms with Crippen molar-refractivity contribution in [1.82, 2.24) is 10.3 Å². The Bertz CT molecular complexity index is 392. The van der Waals surface area contributed by atoms with Gasteiger partial charge in [-0.25, -0.2) is 0 Å². The number of carbonyl (C=O) groups excluding carboxylic acids is 1. The van der Waals surface area contributed by atoms with E-state index < -0.39 is 0 Å². The van der Waals surface area contributed by atoms with Gasteiger partial charge in [0.2, 0.25) is 5.91 Å². The van der Waals surface area contributed by atoms with Crippen LogP contribution >= 0.6 is 0 Å². The Morgan fingerprint density at radius 2 is 2.50 bits per heavy atom. The Morgan fingerprint density at radius 1 is 1.69 bits per heavy atom. The highest BCUT2D eigenvalue weighted by atomic mass is 16.1. The summed E-state index contributed by atoms with van der Waals surface area (Å²) in [5, 5.41) is 3.15. The number of hydrogen-bond donors (Lipinski definition) is 2. The molecule has 1 saturated heterocycles. The second kappa shape index (κ2) is 4.61. The molecule has 0 aliphatic carbocycles. The molecule has 1 aromatic heterocycles. The highest BCUT2D eigenvalue weighted by Crippen LogP contribution is 2.19. The monoisotopic (exact) mass is 219 g/mol. The predicted molar refractivity (Wildman–Crippen MR) is 61.8 cm³/mol. The first-order valence-corrected chi connectivity index (χ1v) is 5.59. The lowest BCUT2D eigenvalue weighted by molar-refractivity contribution is -0.119. The second-order valence-corrected chi connectivity index (χ2v) is 4.47. The van der Waals surface area contributed by atoms with Gasteiger partial charge in [0.25, 0.3) is 0 Å². The van der Waals surface area contributed by atoms with Crippen LogP contribution in [0.15, 0.2) is 18.3 Å². The van der Waals surface area contributed by atoms with Crippen molar-refractivity contribution in [3.8, 4) is 0 Å². The van der Waals surface area contributed by atoms with Crippen LogP contribution in [0.2, 0.25) is 0 Å². The molecule has 2 rings (SSSR count). The summed E-state index contributed by atoms with van der Waals surface area (Å²) in [4.78, 5) is 15.2. The molecule has 0 aromatic carbocycles. The maximum atomic E-state index is 11.0. The third-order valence-electron chi connectivity index (χ3n) is 3.05. The summed E-state index contributed by atoms with van der Waals surface area (Å²) in [6.07, 6.45) is 3.66. The molecule has 0 bridgehead atoms. The number of nitrogens with two attached hydrogens (primary N) is 1. The van der Waals surface area contributed by atoms with E-state index in [0.717, 1.165) is 25.1 Å². The maximum absolute atomic E-state index is 11.0. The molecule has 1 aliphatic rings. The highest BCUT2D eigenvalue weighted by molar-refractivity contribution is 5.80. The molecule has 1 amide bonds. The van der Waals surface area contributed by atoms with Crippen molar-refractivity contribution in [3.63, 3.8) is 0 Å². The molecular weight excluding hydrogens is 202 g/mol. The summed E-state index contributed by atoms with van der Waals surface area (Å²) in [5.41, 5.74) is 7.58. The van der Waals surface area contributed by atoms with Crippen molar-refractivity contribution in [2.45, 2.75) is 25.8 Å². The summed E-state index contributed by atoms with van der Waals surface area (Å²) in [7, 11) is 0. The molecule has 4 nitrogen and oxygen atoms in total. The summed E-state index contributed by atoms with van der Waals surface area (Å²) in [6, 6.07) is 3.98. The third kappa shape index (κ3) is 2.58. The van der Waals surface area contributed by atoms with Crippen molar-refractivity contribution in [2.75, 3.05) is 6.54 Å². The average Bonchev–Trinajstić information content (AvgIpc) is 2.66. The molecule has 86 valence electrons. The lowest BCUT2D eigenvalue weighted by atomic mass is 9.97. The number of aryl methyl sites for hydroxylation is 1. The van der Waals surface area contributed by atoms with E-state index in [9.17, 15) is 4.79 Å². The number of amides is 1. The fraction of sp³-hybridized carbons (Fsp3) is 0.500. The quantitative estimate of drug-likeness (QED) is 0.773. The minimum absolute atomic E-state index is 0.145. The van der Waals surface area contributed by atoms with Crippen LogP contribution in [0.25, 0.3) is 0 Å². The highest BCUT2D eigenvalue weighted by Gasteiger charge is 2.27. The molecule has 4 heteroatoms. The smallest absolute Gasteiger partial charge is 0.234 e. The van der Waals surface area contributed by atoms with E-state index >= 15 is 0 Å². The number of rotatable bonds is 3. The number of nitrogens with zero attached hydrogens (tertiary/aromatic N) is 1. The van der Waals surface area contributed by atoms with Crippen LogP contribution in [0.1, 0.15) is 17.7 Å². The van der Waals surface area contributed by atoms with Gasteiger partial charge in [0.1, 0.15) is 0 Å². The molecule has 1 fully saturated rings. The van der Waals surface area contributed by atoms with Gasteiger partial charge < -0.3 is 11.1 Å². The molecule has 2 heterocycles. The molecule has 1 aliphatic heterocycles. The zero-order chi connectivity index (χ0) is 11.5. The van der Waals surface area contributed by atoms with Gasteiger partial charge in [-0.3, -0.25) is 9.78 Å². The van der Waals surface area contributed by atoms with E-state index in [4.69, 9.17) is 5.73 Å². The molecule has 2 atom stereocenters. The van der Waals surface area contributed by atoms with Crippen LogP contribution in [-0.4, -0.2) is 23.5 Å². The van der Waals surface area contributed by atoms with E-state index in [1.807, 2.05) is 19.2 Å². The van der Waals surface area contributed by atoms with E-state index in [0.29, 0.717) is 5.92 Å². The molecule has 0 saturated carbocycles. The van der Waals surface area contributed by atoms with Crippen molar-refractivity contribution >= 4 is 5.91 Å². The van der Waals surface area contributed by atoms with Crippen molar-refractivity contribution in [1.29, 1.82) is 0 Å². The number of hydrogen-bond acceptors (Lipinski definition) is 3. The maximum Gasteiger partial charge on any atom is 0.234 e. The van der Waals surface area contributed by atoms with Crippen LogP contribution in [0.4, 0.5) is 0 Å². The van der Waals surface area contributed by atoms with Crippen LogP contribution in [0.5, 0.6) is 0 Å². The molecule has 2 unspecified atom stereocenters. The summed E-state index contributed by atoms with van der Waals surface area (Å²) in [5.74, 6) is 0.257. The lowest BCUT2D eigenvalue weighted by Gasteiger charge is -2.08. The van der Waals surface area contributed by atoms with Gasteiger partial charge in [-0.15, -0.1) is 0 Å². The predicted octanol–water partition coefficient (Wildman–Crippen LogP) is 0.396. The zero-order valence-corrected chi connectivity index (χ0v) is 9.44. The number of nitrogens with one attached hydrogen (secondary N) is 1. The van der Waals surface area contributed by atoms with Gasteiger partial charge in [0.05, 0.1) is 6.04 Å². The van der Waals surface area contributed by atoms with Gasteiger partial charge >= 0.3 is 0 Å². The first-order chi connectivity index (χ1) is 7.65. The normalized spacial score (nSPS) is 24.6. The van der Waals surface area contributed by atoms with Crippen LogP contribution in [-0.2, 0) is 11.2 Å². The largest absolute Gasteiger partial charge is 0.368 e. The van der Waals surface area contributed by atoms with Gasteiger partial charge in [0, 0.05) is 11.9 Å². The first-order valence-electron chi connectivity index (χ1n) is 5.59. The Labute approximate surface area is 95.3 Å². The van der Waals surface area contributed by atoms with E-state index in [1.54, 1.807) is 0 Å². The Morgan fingerprint density at radius 3 is 3.12 bits per heavy atom. The van der Waals surface area contributed by atoms with E-state index in [2.05, 4.69) is 16.4 Å². The van der Waals surface area contributed by atoms with Gasteiger partial charge in [-0.2, -0.15) is 0 Å². The fourth-order valence-corrected chi connectivity index (χ4v) is 2.25. The Kier molecular flexibility index (Phi) is 3.19. The first kappa shape index (κ1) is 11.1. The van der Waals surface area contributed by atoms with Gasteiger partial charge in [-0.05, 0) is 49.9 Å². The Hall–Kier alpha value is -1.42. The van der Waals surface area contributed by atoms with E-state index in [-0.39, 0.29) is 11.9 Å². The van der Waals surface area contributed by atoms with Crippen LogP contribution in [0.3, 0.4) is 0 Å². The lowest BCUT2D eigenvalue weighted by Crippen LogP contribution is -2.36. The second-order valence-electron chi connectivity index (χ2n) is 4.47. The van der Waals surface area contributed by atoms with Gasteiger partial charge in [-0.1, -0.05) is 0 Å². The minimum atomic E-state index is -0.242.